The molecule has 0 atom stereocenters. The predicted octanol–water partition coefficient (Wildman–Crippen LogP) is 0.594. The van der Waals surface area contributed by atoms with Crippen LogP contribution in [0.25, 0.3) is 0 Å². The van der Waals surface area contributed by atoms with Crippen molar-refractivity contribution in [2.45, 2.75) is 19.8 Å². The van der Waals surface area contributed by atoms with E-state index in [-0.39, 0.29) is 25.5 Å². The summed E-state index contributed by atoms with van der Waals surface area (Å²) in [6.45, 7) is 1.49. The average Bonchev–Trinajstić information content (AvgIpc) is 2.24. The fourth-order valence-electron chi connectivity index (χ4n) is 1.30. The Morgan fingerprint density at radius 3 is 2.71 bits per heavy atom. The number of amides is 2. The van der Waals surface area contributed by atoms with Crippen molar-refractivity contribution in [2.75, 3.05) is 18.9 Å². The van der Waals surface area contributed by atoms with Crippen LogP contribution in [-0.2, 0) is 19.1 Å². The van der Waals surface area contributed by atoms with Crippen LogP contribution in [0.2, 0.25) is 0 Å². The van der Waals surface area contributed by atoms with E-state index >= 15 is 0 Å². The van der Waals surface area contributed by atoms with Gasteiger partial charge in [0.05, 0.1) is 13.2 Å². The zero-order valence-electron chi connectivity index (χ0n) is 9.43. The number of hydrogen-bond acceptors (Lipinski definition) is 6. The van der Waals surface area contributed by atoms with Crippen molar-refractivity contribution < 1.29 is 23.9 Å². The van der Waals surface area contributed by atoms with E-state index in [9.17, 15) is 19.2 Å². The zero-order chi connectivity index (χ0) is 12.8. The summed E-state index contributed by atoms with van der Waals surface area (Å²) in [5.74, 6) is -1.05. The van der Waals surface area contributed by atoms with E-state index in [0.29, 0.717) is 5.75 Å². The molecule has 1 fully saturated rings. The molecule has 1 rings (SSSR count). The predicted molar refractivity (Wildman–Crippen MR) is 60.4 cm³/mol. The van der Waals surface area contributed by atoms with E-state index in [4.69, 9.17) is 0 Å². The van der Waals surface area contributed by atoms with Crippen molar-refractivity contribution in [1.29, 1.82) is 0 Å². The van der Waals surface area contributed by atoms with E-state index in [1.165, 1.54) is 0 Å². The molecule has 1 heterocycles. The molecule has 94 valence electrons. The summed E-state index contributed by atoms with van der Waals surface area (Å²) in [4.78, 5) is 46.1. The number of hydrogen-bond donors (Lipinski definition) is 0. The molecule has 0 aromatic rings. The average molecular weight is 259 g/mol. The molecule has 1 aliphatic heterocycles. The highest BCUT2D eigenvalue weighted by atomic mass is 32.2. The van der Waals surface area contributed by atoms with Crippen LogP contribution >= 0.6 is 11.8 Å². The molecule has 0 spiro atoms. The fraction of sp³-hybridized carbons (Fsp3) is 0.600. The lowest BCUT2D eigenvalue weighted by molar-refractivity contribution is -0.146. The molecule has 0 aromatic heterocycles. The standard InChI is InChI=1S/C10H13NO5S/c1-2-16-9(14)5-7(12)6-11-8(13)3-4-17-10(11)15/h2-6H2,1H3. The number of Topliss-reactive ketones (excluding diaryl/α,β-unsaturated/α-hetero) is 1. The molecule has 7 heteroatoms. The Morgan fingerprint density at radius 2 is 2.12 bits per heavy atom. The zero-order valence-corrected chi connectivity index (χ0v) is 10.2. The molecule has 0 saturated carbocycles. The number of rotatable bonds is 5. The molecule has 1 aliphatic rings. The van der Waals surface area contributed by atoms with Gasteiger partial charge < -0.3 is 4.74 Å². The maximum atomic E-state index is 11.4. The van der Waals surface area contributed by atoms with Crippen LogP contribution < -0.4 is 0 Å². The summed E-state index contributed by atoms with van der Waals surface area (Å²) >= 11 is 0.999. The van der Waals surface area contributed by atoms with Crippen LogP contribution in [0.4, 0.5) is 4.79 Å². The summed E-state index contributed by atoms with van der Waals surface area (Å²) in [6.07, 6.45) is -0.168. The van der Waals surface area contributed by atoms with Gasteiger partial charge in [-0.15, -0.1) is 0 Å². The van der Waals surface area contributed by atoms with Gasteiger partial charge in [0.1, 0.15) is 6.42 Å². The van der Waals surface area contributed by atoms with Crippen molar-refractivity contribution in [2.24, 2.45) is 0 Å². The van der Waals surface area contributed by atoms with Crippen molar-refractivity contribution in [1.82, 2.24) is 4.90 Å². The maximum absolute atomic E-state index is 11.4. The lowest BCUT2D eigenvalue weighted by atomic mass is 10.2. The second-order valence-corrected chi connectivity index (χ2v) is 4.41. The van der Waals surface area contributed by atoms with E-state index in [0.717, 1.165) is 16.7 Å². The second-order valence-electron chi connectivity index (χ2n) is 3.36. The Morgan fingerprint density at radius 1 is 1.41 bits per heavy atom. The summed E-state index contributed by atoms with van der Waals surface area (Å²) in [6, 6.07) is 0. The summed E-state index contributed by atoms with van der Waals surface area (Å²) in [5, 5.41) is -0.432. The highest BCUT2D eigenvalue weighted by Crippen LogP contribution is 2.18. The number of esters is 1. The van der Waals surface area contributed by atoms with Crippen LogP contribution in [0.3, 0.4) is 0 Å². The van der Waals surface area contributed by atoms with E-state index in [1.807, 2.05) is 0 Å². The number of carbonyl (C=O) groups excluding carboxylic acids is 4. The molecule has 6 nitrogen and oxygen atoms in total. The SMILES string of the molecule is CCOC(=O)CC(=O)CN1C(=O)CCSC1=O. The van der Waals surface area contributed by atoms with Crippen LogP contribution in [0.15, 0.2) is 0 Å². The largest absolute Gasteiger partial charge is 0.466 e. The Hall–Kier alpha value is -1.37. The van der Waals surface area contributed by atoms with Gasteiger partial charge in [-0.25, -0.2) is 0 Å². The molecule has 17 heavy (non-hydrogen) atoms. The highest BCUT2D eigenvalue weighted by molar-refractivity contribution is 8.13. The maximum Gasteiger partial charge on any atom is 0.313 e. The number of ketones is 1. The second kappa shape index (κ2) is 6.39. The molecular weight excluding hydrogens is 246 g/mol. The van der Waals surface area contributed by atoms with Crippen LogP contribution in [-0.4, -0.2) is 46.7 Å². The smallest absolute Gasteiger partial charge is 0.313 e. The number of nitrogens with zero attached hydrogens (tertiary/aromatic N) is 1. The van der Waals surface area contributed by atoms with Crippen LogP contribution in [0.1, 0.15) is 19.8 Å². The Kier molecular flexibility index (Phi) is 5.14. The molecule has 2 amide bonds. The molecule has 0 aromatic carbocycles. The first-order valence-corrected chi connectivity index (χ1v) is 6.17. The van der Waals surface area contributed by atoms with Crippen LogP contribution in [0, 0.1) is 0 Å². The minimum atomic E-state index is -0.637. The number of carbonyl (C=O) groups is 4. The van der Waals surface area contributed by atoms with Crippen molar-refractivity contribution in [3.63, 3.8) is 0 Å². The third kappa shape index (κ3) is 4.18. The van der Waals surface area contributed by atoms with Crippen molar-refractivity contribution >= 4 is 34.7 Å². The third-order valence-corrected chi connectivity index (χ3v) is 2.92. The first-order valence-electron chi connectivity index (χ1n) is 5.19. The van der Waals surface area contributed by atoms with Gasteiger partial charge in [0.15, 0.2) is 5.78 Å². The first kappa shape index (κ1) is 13.7. The van der Waals surface area contributed by atoms with Crippen LogP contribution in [0.5, 0.6) is 0 Å². The molecule has 1 saturated heterocycles. The van der Waals surface area contributed by atoms with Crippen molar-refractivity contribution in [3.05, 3.63) is 0 Å². The number of ether oxygens (including phenoxy) is 1. The molecule has 0 unspecified atom stereocenters. The lowest BCUT2D eigenvalue weighted by Gasteiger charge is -2.23. The fourth-order valence-corrected chi connectivity index (χ4v) is 2.07. The van der Waals surface area contributed by atoms with Gasteiger partial charge in [0.25, 0.3) is 5.24 Å². The highest BCUT2D eigenvalue weighted by Gasteiger charge is 2.28. The van der Waals surface area contributed by atoms with Crippen molar-refractivity contribution in [3.8, 4) is 0 Å². The van der Waals surface area contributed by atoms with Gasteiger partial charge in [0, 0.05) is 12.2 Å². The third-order valence-electron chi connectivity index (χ3n) is 2.04. The molecule has 0 aliphatic carbocycles. The summed E-state index contributed by atoms with van der Waals surface area (Å²) in [5.41, 5.74) is 0. The van der Waals surface area contributed by atoms with Gasteiger partial charge in [-0.1, -0.05) is 11.8 Å². The Labute approximate surface area is 103 Å². The molecule has 0 bridgehead atoms. The van der Waals surface area contributed by atoms with E-state index in [1.54, 1.807) is 6.92 Å². The summed E-state index contributed by atoms with van der Waals surface area (Å²) < 4.78 is 4.60. The number of thioether (sulfide) groups is 1. The normalized spacial score (nSPS) is 15.9. The monoisotopic (exact) mass is 259 g/mol. The van der Waals surface area contributed by atoms with Gasteiger partial charge in [-0.2, -0.15) is 0 Å². The Bertz CT molecular complexity index is 339. The lowest BCUT2D eigenvalue weighted by Crippen LogP contribution is -2.41. The first-order chi connectivity index (χ1) is 8.04. The minimum absolute atomic E-state index is 0.198. The molecule has 0 radical (unpaired) electrons. The van der Waals surface area contributed by atoms with Gasteiger partial charge in [-0.3, -0.25) is 24.1 Å². The Balaban J connectivity index is 2.46. The quantitative estimate of drug-likeness (QED) is 0.531. The van der Waals surface area contributed by atoms with Gasteiger partial charge >= 0.3 is 5.97 Å². The summed E-state index contributed by atoms with van der Waals surface area (Å²) in [7, 11) is 0. The van der Waals surface area contributed by atoms with E-state index < -0.39 is 23.4 Å². The van der Waals surface area contributed by atoms with E-state index in [2.05, 4.69) is 4.74 Å². The van der Waals surface area contributed by atoms with Gasteiger partial charge in [-0.05, 0) is 6.92 Å². The molecule has 0 N–H and O–H groups in total. The number of imide groups is 1. The topological polar surface area (TPSA) is 80.8 Å². The van der Waals surface area contributed by atoms with Gasteiger partial charge in [0.2, 0.25) is 5.91 Å². The molecular formula is C10H13NO5S. The minimum Gasteiger partial charge on any atom is -0.466 e.